The minimum atomic E-state index is -1.18. The van der Waals surface area contributed by atoms with E-state index < -0.39 is 23.7 Å². The minimum absolute atomic E-state index is 0.0704. The van der Waals surface area contributed by atoms with Crippen LogP contribution in [0.15, 0.2) is 164 Å². The average molecular weight is 646 g/mol. The molecule has 0 bridgehead atoms. The van der Waals surface area contributed by atoms with E-state index in [0.29, 0.717) is 5.75 Å². The van der Waals surface area contributed by atoms with Crippen LogP contribution in [0.3, 0.4) is 0 Å². The van der Waals surface area contributed by atoms with Crippen molar-refractivity contribution in [3.05, 3.63) is 197 Å². The number of carbonyl (C=O) groups excluding carboxylic acids is 1. The molecule has 6 nitrogen and oxygen atoms in total. The van der Waals surface area contributed by atoms with E-state index in [2.05, 4.69) is 53.8 Å². The Morgan fingerprint density at radius 1 is 0.612 bits per heavy atom. The van der Waals surface area contributed by atoms with Crippen molar-refractivity contribution < 1.29 is 24.2 Å². The van der Waals surface area contributed by atoms with Crippen LogP contribution < -0.4 is 10.1 Å². The zero-order valence-electron chi connectivity index (χ0n) is 26.7. The fourth-order valence-electron chi connectivity index (χ4n) is 6.78. The van der Waals surface area contributed by atoms with Gasteiger partial charge in [0.1, 0.15) is 18.4 Å². The van der Waals surface area contributed by atoms with Gasteiger partial charge in [-0.3, -0.25) is 0 Å². The molecule has 0 radical (unpaired) electrons. The third-order valence-electron chi connectivity index (χ3n) is 9.11. The quantitative estimate of drug-likeness (QED) is 0.138. The molecule has 0 heterocycles. The minimum Gasteiger partial charge on any atom is -0.480 e. The van der Waals surface area contributed by atoms with Gasteiger partial charge in [0.15, 0.2) is 5.60 Å². The molecule has 7 rings (SSSR count). The number of rotatable bonds is 11. The van der Waals surface area contributed by atoms with Gasteiger partial charge in [-0.05, 0) is 39.9 Å². The molecule has 6 aromatic rings. The fourth-order valence-corrected chi connectivity index (χ4v) is 6.78. The lowest BCUT2D eigenvalue weighted by Crippen LogP contribution is -2.42. The molecule has 242 valence electrons. The first-order valence-electron chi connectivity index (χ1n) is 16.3. The van der Waals surface area contributed by atoms with E-state index >= 15 is 0 Å². The maximum Gasteiger partial charge on any atom is 0.407 e. The van der Waals surface area contributed by atoms with Gasteiger partial charge in [0.05, 0.1) is 0 Å². The number of alkyl carbamates (subject to hydrolysis) is 1. The highest BCUT2D eigenvalue weighted by molar-refractivity contribution is 5.81. The summed E-state index contributed by atoms with van der Waals surface area (Å²) in [7, 11) is 0. The normalized spacial score (nSPS) is 12.7. The van der Waals surface area contributed by atoms with E-state index in [4.69, 9.17) is 9.47 Å². The summed E-state index contributed by atoms with van der Waals surface area (Å²) in [5.41, 5.74) is 7.10. The van der Waals surface area contributed by atoms with Gasteiger partial charge >= 0.3 is 12.1 Å². The number of benzene rings is 6. The van der Waals surface area contributed by atoms with Crippen molar-refractivity contribution in [3.8, 4) is 16.9 Å². The molecule has 0 aliphatic heterocycles. The highest BCUT2D eigenvalue weighted by atomic mass is 16.5. The molecule has 49 heavy (non-hydrogen) atoms. The third kappa shape index (κ3) is 6.41. The highest BCUT2D eigenvalue weighted by Crippen LogP contribution is 2.45. The Bertz CT molecular complexity index is 1900. The number of fused-ring (bicyclic) bond motifs is 3. The molecule has 1 atom stereocenters. The van der Waals surface area contributed by atoms with Crippen molar-refractivity contribution in [3.63, 3.8) is 0 Å². The second kappa shape index (κ2) is 13.9. The zero-order chi connectivity index (χ0) is 33.6. The van der Waals surface area contributed by atoms with Crippen molar-refractivity contribution in [1.29, 1.82) is 0 Å². The summed E-state index contributed by atoms with van der Waals surface area (Å²) in [6.45, 7) is 0.101. The molecular weight excluding hydrogens is 610 g/mol. The van der Waals surface area contributed by atoms with Crippen molar-refractivity contribution in [2.75, 3.05) is 6.61 Å². The summed E-state index contributed by atoms with van der Waals surface area (Å²) in [4.78, 5) is 25.2. The van der Waals surface area contributed by atoms with E-state index in [1.54, 1.807) is 0 Å². The lowest BCUT2D eigenvalue weighted by Gasteiger charge is -2.36. The largest absolute Gasteiger partial charge is 0.480 e. The summed E-state index contributed by atoms with van der Waals surface area (Å²) in [5.74, 6) is -0.662. The number of nitrogens with one attached hydrogen (secondary N) is 1. The van der Waals surface area contributed by atoms with Crippen molar-refractivity contribution in [2.45, 2.75) is 24.0 Å². The van der Waals surface area contributed by atoms with Gasteiger partial charge in [0.25, 0.3) is 0 Å². The Hall–Kier alpha value is -6.14. The molecular formula is C43H35NO5. The van der Waals surface area contributed by atoms with Crippen LogP contribution in [0, 0.1) is 0 Å². The van der Waals surface area contributed by atoms with Crippen LogP contribution in [0.5, 0.6) is 5.75 Å². The summed E-state index contributed by atoms with van der Waals surface area (Å²) in [5, 5.41) is 12.6. The summed E-state index contributed by atoms with van der Waals surface area (Å²) < 4.78 is 12.6. The maximum absolute atomic E-state index is 12.9. The zero-order valence-corrected chi connectivity index (χ0v) is 26.7. The molecule has 1 amide bonds. The molecule has 2 N–H and O–H groups in total. The number of carboxylic acid groups (broad SMARTS) is 1. The second-order valence-corrected chi connectivity index (χ2v) is 12.1. The molecule has 1 aliphatic carbocycles. The van der Waals surface area contributed by atoms with Gasteiger partial charge in [0, 0.05) is 29.0 Å². The van der Waals surface area contributed by atoms with Crippen LogP contribution in [0.25, 0.3) is 11.1 Å². The molecule has 0 spiro atoms. The molecule has 1 unspecified atom stereocenters. The SMILES string of the molecule is O=C(NC(Cc1ccc(OC(c2ccccc2)(c2ccccc2)c2ccccc2)cc1)C(=O)O)OCC1c2ccccc2-c2ccccc21. The van der Waals surface area contributed by atoms with E-state index in [1.807, 2.05) is 115 Å². The average Bonchev–Trinajstić information content (AvgIpc) is 3.48. The highest BCUT2D eigenvalue weighted by Gasteiger charge is 2.39. The number of amides is 1. The number of aliphatic carboxylic acids is 1. The Morgan fingerprint density at radius 3 is 1.53 bits per heavy atom. The monoisotopic (exact) mass is 645 g/mol. The lowest BCUT2D eigenvalue weighted by atomic mass is 9.80. The van der Waals surface area contributed by atoms with Gasteiger partial charge < -0.3 is 19.9 Å². The number of ether oxygens (including phenoxy) is 2. The molecule has 0 fully saturated rings. The Balaban J connectivity index is 1.07. The van der Waals surface area contributed by atoms with E-state index in [-0.39, 0.29) is 18.9 Å². The molecule has 1 aliphatic rings. The van der Waals surface area contributed by atoms with Crippen molar-refractivity contribution in [2.24, 2.45) is 0 Å². The Morgan fingerprint density at radius 2 is 1.06 bits per heavy atom. The first-order chi connectivity index (χ1) is 24.0. The van der Waals surface area contributed by atoms with Crippen LogP contribution in [0.2, 0.25) is 0 Å². The van der Waals surface area contributed by atoms with Crippen LogP contribution in [-0.4, -0.2) is 29.8 Å². The van der Waals surface area contributed by atoms with Crippen molar-refractivity contribution in [1.82, 2.24) is 5.32 Å². The van der Waals surface area contributed by atoms with Crippen LogP contribution in [0.4, 0.5) is 4.79 Å². The third-order valence-corrected chi connectivity index (χ3v) is 9.11. The van der Waals surface area contributed by atoms with Gasteiger partial charge in [-0.2, -0.15) is 0 Å². The smallest absolute Gasteiger partial charge is 0.407 e. The summed E-state index contributed by atoms with van der Waals surface area (Å²) in [6, 6.07) is 52.6. The number of hydrogen-bond donors (Lipinski definition) is 2. The van der Waals surface area contributed by atoms with Gasteiger partial charge in [-0.15, -0.1) is 0 Å². The topological polar surface area (TPSA) is 84.9 Å². The molecule has 0 saturated carbocycles. The van der Waals surface area contributed by atoms with E-state index in [9.17, 15) is 14.7 Å². The summed E-state index contributed by atoms with van der Waals surface area (Å²) in [6.07, 6.45) is -0.700. The molecule has 6 aromatic carbocycles. The van der Waals surface area contributed by atoms with E-state index in [1.165, 1.54) is 0 Å². The van der Waals surface area contributed by atoms with Crippen LogP contribution in [0.1, 0.15) is 39.3 Å². The molecule has 0 aromatic heterocycles. The van der Waals surface area contributed by atoms with Gasteiger partial charge in [-0.1, -0.05) is 152 Å². The fraction of sp³-hybridized carbons (Fsp3) is 0.116. The number of hydrogen-bond acceptors (Lipinski definition) is 4. The number of carboxylic acids is 1. The Kier molecular flexibility index (Phi) is 8.94. The second-order valence-electron chi connectivity index (χ2n) is 12.1. The van der Waals surface area contributed by atoms with Crippen LogP contribution >= 0.6 is 0 Å². The first-order valence-corrected chi connectivity index (χ1v) is 16.3. The maximum atomic E-state index is 12.9. The van der Waals surface area contributed by atoms with Crippen LogP contribution in [-0.2, 0) is 21.6 Å². The Labute approximate surface area is 285 Å². The number of carbonyl (C=O) groups is 2. The van der Waals surface area contributed by atoms with Gasteiger partial charge in [-0.25, -0.2) is 9.59 Å². The predicted octanol–water partition coefficient (Wildman–Crippen LogP) is 8.59. The summed E-state index contributed by atoms with van der Waals surface area (Å²) >= 11 is 0. The van der Waals surface area contributed by atoms with E-state index in [0.717, 1.165) is 44.5 Å². The molecule has 0 saturated heterocycles. The predicted molar refractivity (Wildman–Crippen MR) is 190 cm³/mol. The molecule has 6 heteroatoms. The van der Waals surface area contributed by atoms with Gasteiger partial charge in [0.2, 0.25) is 0 Å². The first kappa shape index (κ1) is 31.5. The standard InChI is InChI=1S/C43H35NO5/c45-41(46)40(44-42(47)48-29-39-37-22-12-10-20-35(37)36-21-11-13-23-38(36)39)28-30-24-26-34(27-25-30)49-43(31-14-4-1-5-15-31,32-16-6-2-7-17-32)33-18-8-3-9-19-33/h1-27,39-40H,28-29H2,(H,44,47)(H,45,46). The lowest BCUT2D eigenvalue weighted by molar-refractivity contribution is -0.139. The van der Waals surface area contributed by atoms with Crippen molar-refractivity contribution >= 4 is 12.1 Å².